The number of aromatic nitrogens is 4. The number of nitrogens with zero attached hydrogens (tertiary/aromatic N) is 4. The summed E-state index contributed by atoms with van der Waals surface area (Å²) >= 11 is 7.35. The van der Waals surface area contributed by atoms with Crippen LogP contribution in [0.5, 0.6) is 0 Å². The number of benzene rings is 2. The van der Waals surface area contributed by atoms with Gasteiger partial charge in [0.15, 0.2) is 11.0 Å². The van der Waals surface area contributed by atoms with Crippen LogP contribution in [0.4, 0.5) is 5.69 Å². The number of rotatable bonds is 6. The van der Waals surface area contributed by atoms with Crippen LogP contribution in [0.1, 0.15) is 5.56 Å². The van der Waals surface area contributed by atoms with Crippen LogP contribution >= 0.6 is 23.4 Å². The predicted octanol–water partition coefficient (Wildman–Crippen LogP) is 5.02. The minimum Gasteiger partial charge on any atom is -0.325 e. The molecule has 0 atom stereocenters. The molecule has 0 bridgehead atoms. The number of nitrogens with one attached hydrogen (secondary N) is 1. The summed E-state index contributed by atoms with van der Waals surface area (Å²) in [6.45, 7) is 1.92. The van der Waals surface area contributed by atoms with Gasteiger partial charge in [-0.3, -0.25) is 14.3 Å². The largest absolute Gasteiger partial charge is 0.325 e. The molecule has 4 rings (SSSR count). The SMILES string of the molecule is Cc1ccc(Cl)cc1NC(=O)CSc1nnc(-c2ccccn2)n1-c1ccccc1. The maximum Gasteiger partial charge on any atom is 0.234 e. The molecule has 2 aromatic carbocycles. The quantitative estimate of drug-likeness (QED) is 0.430. The fourth-order valence-corrected chi connectivity index (χ4v) is 3.80. The van der Waals surface area contributed by atoms with E-state index in [1.807, 2.05) is 66.1 Å². The lowest BCUT2D eigenvalue weighted by Gasteiger charge is -2.11. The van der Waals surface area contributed by atoms with Crippen molar-refractivity contribution in [1.82, 2.24) is 19.7 Å². The van der Waals surface area contributed by atoms with Gasteiger partial charge in [-0.2, -0.15) is 0 Å². The molecule has 0 spiro atoms. The van der Waals surface area contributed by atoms with E-state index in [1.54, 1.807) is 18.3 Å². The summed E-state index contributed by atoms with van der Waals surface area (Å²) in [4.78, 5) is 16.9. The fourth-order valence-electron chi connectivity index (χ4n) is 2.88. The van der Waals surface area contributed by atoms with E-state index in [0.717, 1.165) is 11.3 Å². The summed E-state index contributed by atoms with van der Waals surface area (Å²) in [6, 6.07) is 20.8. The summed E-state index contributed by atoms with van der Waals surface area (Å²) in [5.41, 5.74) is 3.26. The smallest absolute Gasteiger partial charge is 0.234 e. The van der Waals surface area contributed by atoms with Crippen LogP contribution in [0.3, 0.4) is 0 Å². The van der Waals surface area contributed by atoms with Crippen LogP contribution in [0.15, 0.2) is 78.1 Å². The molecule has 4 aromatic rings. The molecule has 0 aliphatic heterocycles. The van der Waals surface area contributed by atoms with Crippen molar-refractivity contribution in [3.05, 3.63) is 83.5 Å². The third-order valence-electron chi connectivity index (χ3n) is 4.35. The molecule has 0 saturated carbocycles. The first-order chi connectivity index (χ1) is 14.6. The lowest BCUT2D eigenvalue weighted by atomic mass is 10.2. The highest BCUT2D eigenvalue weighted by Gasteiger charge is 2.18. The van der Waals surface area contributed by atoms with Crippen molar-refractivity contribution in [3.63, 3.8) is 0 Å². The van der Waals surface area contributed by atoms with Crippen molar-refractivity contribution in [3.8, 4) is 17.2 Å². The number of aryl methyl sites for hydroxylation is 1. The minimum absolute atomic E-state index is 0.146. The third-order valence-corrected chi connectivity index (χ3v) is 5.51. The first kappa shape index (κ1) is 20.1. The molecule has 0 aliphatic carbocycles. The van der Waals surface area contributed by atoms with Crippen LogP contribution < -0.4 is 5.32 Å². The molecule has 0 radical (unpaired) electrons. The van der Waals surface area contributed by atoms with Gasteiger partial charge in [0.1, 0.15) is 5.69 Å². The first-order valence-corrected chi connectivity index (χ1v) is 10.6. The maximum absolute atomic E-state index is 12.5. The van der Waals surface area contributed by atoms with E-state index in [-0.39, 0.29) is 11.7 Å². The van der Waals surface area contributed by atoms with Gasteiger partial charge in [-0.05, 0) is 48.9 Å². The highest BCUT2D eigenvalue weighted by atomic mass is 35.5. The lowest BCUT2D eigenvalue weighted by molar-refractivity contribution is -0.113. The Morgan fingerprint density at radius 3 is 2.63 bits per heavy atom. The molecule has 8 heteroatoms. The van der Waals surface area contributed by atoms with E-state index in [9.17, 15) is 4.79 Å². The molecule has 0 fully saturated rings. The topological polar surface area (TPSA) is 72.7 Å². The van der Waals surface area contributed by atoms with Crippen molar-refractivity contribution in [1.29, 1.82) is 0 Å². The molecule has 0 aliphatic rings. The molecule has 1 N–H and O–H groups in total. The zero-order valence-corrected chi connectivity index (χ0v) is 17.7. The van der Waals surface area contributed by atoms with E-state index in [0.29, 0.717) is 27.4 Å². The van der Waals surface area contributed by atoms with Crippen molar-refractivity contribution in [2.24, 2.45) is 0 Å². The average Bonchev–Trinajstić information content (AvgIpc) is 3.20. The molecule has 150 valence electrons. The number of carbonyl (C=O) groups excluding carboxylic acids is 1. The van der Waals surface area contributed by atoms with Gasteiger partial charge in [0.05, 0.1) is 5.75 Å². The van der Waals surface area contributed by atoms with Gasteiger partial charge >= 0.3 is 0 Å². The van der Waals surface area contributed by atoms with E-state index < -0.39 is 0 Å². The summed E-state index contributed by atoms with van der Waals surface area (Å²) in [7, 11) is 0. The Morgan fingerprint density at radius 2 is 1.87 bits per heavy atom. The predicted molar refractivity (Wildman–Crippen MR) is 120 cm³/mol. The van der Waals surface area contributed by atoms with Gasteiger partial charge in [-0.1, -0.05) is 53.7 Å². The molecule has 0 saturated heterocycles. The van der Waals surface area contributed by atoms with Crippen LogP contribution in [0.25, 0.3) is 17.2 Å². The second-order valence-electron chi connectivity index (χ2n) is 6.49. The number of carbonyl (C=O) groups is 1. The number of hydrogen-bond donors (Lipinski definition) is 1. The Balaban J connectivity index is 1.58. The monoisotopic (exact) mass is 435 g/mol. The van der Waals surface area contributed by atoms with Crippen LogP contribution in [-0.4, -0.2) is 31.4 Å². The Bertz CT molecular complexity index is 1160. The van der Waals surface area contributed by atoms with E-state index >= 15 is 0 Å². The van der Waals surface area contributed by atoms with Gasteiger partial charge in [0.2, 0.25) is 5.91 Å². The fraction of sp³-hybridized carbons (Fsp3) is 0.0909. The standard InChI is InChI=1S/C22H18ClN5OS/c1-15-10-11-16(23)13-19(15)25-20(29)14-30-22-27-26-21(18-9-5-6-12-24-18)28(22)17-7-3-2-4-8-17/h2-13H,14H2,1H3,(H,25,29). The van der Waals surface area contributed by atoms with Gasteiger partial charge in [0.25, 0.3) is 0 Å². The Morgan fingerprint density at radius 1 is 1.07 bits per heavy atom. The molecule has 6 nitrogen and oxygen atoms in total. The van der Waals surface area contributed by atoms with Gasteiger partial charge in [0, 0.05) is 22.6 Å². The number of thioether (sulfide) groups is 1. The Kier molecular flexibility index (Phi) is 6.11. The van der Waals surface area contributed by atoms with Crippen molar-refractivity contribution >= 4 is 35.0 Å². The number of hydrogen-bond acceptors (Lipinski definition) is 5. The molecular weight excluding hydrogens is 418 g/mol. The number of halogens is 1. The van der Waals surface area contributed by atoms with E-state index in [4.69, 9.17) is 11.6 Å². The molecule has 0 unspecified atom stereocenters. The molecule has 2 heterocycles. The maximum atomic E-state index is 12.5. The highest BCUT2D eigenvalue weighted by Crippen LogP contribution is 2.27. The number of amides is 1. The summed E-state index contributed by atoms with van der Waals surface area (Å²) < 4.78 is 1.91. The first-order valence-electron chi connectivity index (χ1n) is 9.23. The summed E-state index contributed by atoms with van der Waals surface area (Å²) in [5.74, 6) is 0.654. The van der Waals surface area contributed by atoms with Crippen LogP contribution in [0, 0.1) is 6.92 Å². The minimum atomic E-state index is -0.146. The van der Waals surface area contributed by atoms with Gasteiger partial charge in [-0.15, -0.1) is 10.2 Å². The highest BCUT2D eigenvalue weighted by molar-refractivity contribution is 7.99. The molecule has 30 heavy (non-hydrogen) atoms. The zero-order valence-electron chi connectivity index (χ0n) is 16.1. The van der Waals surface area contributed by atoms with E-state index in [2.05, 4.69) is 20.5 Å². The second kappa shape index (κ2) is 9.11. The van der Waals surface area contributed by atoms with Crippen molar-refractivity contribution in [2.75, 3.05) is 11.1 Å². The van der Waals surface area contributed by atoms with Crippen LogP contribution in [0.2, 0.25) is 5.02 Å². The van der Waals surface area contributed by atoms with Gasteiger partial charge in [-0.25, -0.2) is 0 Å². The Hall–Kier alpha value is -3.16. The lowest BCUT2D eigenvalue weighted by Crippen LogP contribution is -2.15. The van der Waals surface area contributed by atoms with E-state index in [1.165, 1.54) is 11.8 Å². The average molecular weight is 436 g/mol. The van der Waals surface area contributed by atoms with Crippen molar-refractivity contribution in [2.45, 2.75) is 12.1 Å². The normalized spacial score (nSPS) is 10.7. The number of pyridine rings is 1. The zero-order chi connectivity index (χ0) is 20.9. The summed E-state index contributed by atoms with van der Waals surface area (Å²) in [6.07, 6.45) is 1.72. The number of para-hydroxylation sites is 1. The second-order valence-corrected chi connectivity index (χ2v) is 7.87. The molecule has 1 amide bonds. The molecular formula is C22H18ClN5OS. The number of anilines is 1. The molecule has 2 aromatic heterocycles. The Labute approximate surface area is 183 Å². The summed E-state index contributed by atoms with van der Waals surface area (Å²) in [5, 5.41) is 12.7. The van der Waals surface area contributed by atoms with Crippen molar-refractivity contribution < 1.29 is 4.79 Å². The van der Waals surface area contributed by atoms with Gasteiger partial charge < -0.3 is 5.32 Å². The van der Waals surface area contributed by atoms with Crippen LogP contribution in [-0.2, 0) is 4.79 Å². The third kappa shape index (κ3) is 4.53.